The van der Waals surface area contributed by atoms with Crippen LogP contribution in [0.1, 0.15) is 11.6 Å². The van der Waals surface area contributed by atoms with Gasteiger partial charge >= 0.3 is 0 Å². The third-order valence-electron chi connectivity index (χ3n) is 2.85. The number of halogens is 1. The van der Waals surface area contributed by atoms with E-state index in [9.17, 15) is 8.42 Å². The largest absolute Gasteiger partial charge is 0.323 e. The van der Waals surface area contributed by atoms with E-state index in [1.807, 2.05) is 30.3 Å². The van der Waals surface area contributed by atoms with Gasteiger partial charge in [0, 0.05) is 12.6 Å². The second-order valence-electron chi connectivity index (χ2n) is 4.30. The van der Waals surface area contributed by atoms with Crippen molar-refractivity contribution in [3.63, 3.8) is 0 Å². The van der Waals surface area contributed by atoms with Crippen molar-refractivity contribution >= 4 is 21.6 Å². The van der Waals surface area contributed by atoms with E-state index in [4.69, 9.17) is 17.3 Å². The monoisotopic (exact) mass is 310 g/mol. The third-order valence-corrected chi connectivity index (χ3v) is 4.77. The van der Waals surface area contributed by atoms with Gasteiger partial charge in [0.05, 0.1) is 5.02 Å². The number of hydrogen-bond acceptors (Lipinski definition) is 3. The summed E-state index contributed by atoms with van der Waals surface area (Å²) in [6.07, 6.45) is 0. The van der Waals surface area contributed by atoms with E-state index in [1.54, 1.807) is 12.1 Å². The van der Waals surface area contributed by atoms with Gasteiger partial charge in [-0.2, -0.15) is 0 Å². The summed E-state index contributed by atoms with van der Waals surface area (Å²) in [6, 6.07) is 15.2. The predicted octanol–water partition coefficient (Wildman–Crippen LogP) is 2.32. The SMILES string of the molecule is N[C@H](CNS(=O)(=O)c1ccccc1Cl)c1ccccc1. The molecular weight excluding hydrogens is 296 g/mol. The van der Waals surface area contributed by atoms with Crippen LogP contribution in [0.4, 0.5) is 0 Å². The molecule has 0 aliphatic carbocycles. The fourth-order valence-corrected chi connectivity index (χ4v) is 3.34. The number of benzene rings is 2. The molecule has 0 aliphatic rings. The summed E-state index contributed by atoms with van der Waals surface area (Å²) in [5, 5.41) is 0.188. The minimum atomic E-state index is -3.66. The van der Waals surface area contributed by atoms with E-state index >= 15 is 0 Å². The second-order valence-corrected chi connectivity index (χ2v) is 6.44. The summed E-state index contributed by atoms with van der Waals surface area (Å²) in [7, 11) is -3.66. The molecule has 0 bridgehead atoms. The van der Waals surface area contributed by atoms with Crippen molar-refractivity contribution in [3.05, 3.63) is 65.2 Å². The highest BCUT2D eigenvalue weighted by molar-refractivity contribution is 7.89. The molecule has 106 valence electrons. The molecule has 6 heteroatoms. The molecule has 0 aliphatic heterocycles. The Labute approximate surface area is 123 Å². The highest BCUT2D eigenvalue weighted by Crippen LogP contribution is 2.20. The average Bonchev–Trinajstić information content (AvgIpc) is 2.46. The van der Waals surface area contributed by atoms with Crippen LogP contribution < -0.4 is 10.5 Å². The maximum absolute atomic E-state index is 12.1. The van der Waals surface area contributed by atoms with Crippen LogP contribution >= 0.6 is 11.6 Å². The molecule has 0 saturated carbocycles. The molecule has 0 aromatic heterocycles. The Bertz CT molecular complexity index is 675. The molecule has 0 spiro atoms. The Hall–Kier alpha value is -1.40. The lowest BCUT2D eigenvalue weighted by Crippen LogP contribution is -2.32. The van der Waals surface area contributed by atoms with Crippen LogP contribution in [-0.4, -0.2) is 15.0 Å². The van der Waals surface area contributed by atoms with Crippen molar-refractivity contribution in [1.82, 2.24) is 4.72 Å². The molecule has 2 rings (SSSR count). The Morgan fingerprint density at radius 3 is 2.30 bits per heavy atom. The van der Waals surface area contributed by atoms with Crippen LogP contribution in [0.5, 0.6) is 0 Å². The molecule has 0 saturated heterocycles. The molecule has 20 heavy (non-hydrogen) atoms. The fraction of sp³-hybridized carbons (Fsp3) is 0.143. The zero-order chi connectivity index (χ0) is 14.6. The van der Waals surface area contributed by atoms with E-state index in [2.05, 4.69) is 4.72 Å². The van der Waals surface area contributed by atoms with Crippen molar-refractivity contribution in [2.45, 2.75) is 10.9 Å². The van der Waals surface area contributed by atoms with Gasteiger partial charge in [-0.3, -0.25) is 0 Å². The maximum atomic E-state index is 12.1. The normalized spacial score (nSPS) is 13.1. The standard InChI is InChI=1S/C14H15ClN2O2S/c15-12-8-4-5-9-14(12)20(18,19)17-10-13(16)11-6-2-1-3-7-11/h1-9,13,17H,10,16H2/t13-/m1/s1. The molecule has 1 atom stereocenters. The smallest absolute Gasteiger partial charge is 0.242 e. The summed E-state index contributed by atoms with van der Waals surface area (Å²) in [5.41, 5.74) is 6.83. The highest BCUT2D eigenvalue weighted by atomic mass is 35.5. The van der Waals surface area contributed by atoms with Crippen LogP contribution in [0.3, 0.4) is 0 Å². The van der Waals surface area contributed by atoms with Gasteiger partial charge < -0.3 is 5.73 Å². The number of sulfonamides is 1. The highest BCUT2D eigenvalue weighted by Gasteiger charge is 2.18. The third kappa shape index (κ3) is 3.58. The van der Waals surface area contributed by atoms with Crippen LogP contribution in [0.15, 0.2) is 59.5 Å². The van der Waals surface area contributed by atoms with E-state index in [1.165, 1.54) is 12.1 Å². The Morgan fingerprint density at radius 2 is 1.65 bits per heavy atom. The zero-order valence-electron chi connectivity index (χ0n) is 10.7. The zero-order valence-corrected chi connectivity index (χ0v) is 12.2. The fourth-order valence-electron chi connectivity index (χ4n) is 1.76. The lowest BCUT2D eigenvalue weighted by molar-refractivity contribution is 0.572. The van der Waals surface area contributed by atoms with Gasteiger partial charge in [0.2, 0.25) is 10.0 Å². The first-order chi connectivity index (χ1) is 9.50. The molecule has 0 heterocycles. The van der Waals surface area contributed by atoms with Crippen molar-refractivity contribution in [2.24, 2.45) is 5.73 Å². The Balaban J connectivity index is 2.09. The quantitative estimate of drug-likeness (QED) is 0.890. The van der Waals surface area contributed by atoms with Crippen molar-refractivity contribution in [1.29, 1.82) is 0 Å². The summed E-state index contributed by atoms with van der Waals surface area (Å²) in [4.78, 5) is 0.0573. The van der Waals surface area contributed by atoms with Gasteiger partial charge in [-0.15, -0.1) is 0 Å². The van der Waals surface area contributed by atoms with Crippen LogP contribution in [-0.2, 0) is 10.0 Å². The van der Waals surface area contributed by atoms with Gasteiger partial charge in [-0.25, -0.2) is 13.1 Å². The van der Waals surface area contributed by atoms with Gasteiger partial charge in [-0.1, -0.05) is 54.1 Å². The minimum Gasteiger partial charge on any atom is -0.323 e. The average molecular weight is 311 g/mol. The molecule has 0 fully saturated rings. The second kappa shape index (κ2) is 6.37. The summed E-state index contributed by atoms with van der Waals surface area (Å²) in [5.74, 6) is 0. The van der Waals surface area contributed by atoms with Crippen molar-refractivity contribution in [2.75, 3.05) is 6.54 Å². The topological polar surface area (TPSA) is 72.2 Å². The van der Waals surface area contributed by atoms with Crippen molar-refractivity contribution < 1.29 is 8.42 Å². The molecule has 3 N–H and O–H groups in total. The first-order valence-electron chi connectivity index (χ1n) is 6.05. The first kappa shape index (κ1) is 15.0. The molecular formula is C14H15ClN2O2S. The molecule has 2 aromatic rings. The molecule has 4 nitrogen and oxygen atoms in total. The molecule has 2 aromatic carbocycles. The van der Waals surface area contributed by atoms with Gasteiger partial charge in [0.1, 0.15) is 4.90 Å². The lowest BCUT2D eigenvalue weighted by Gasteiger charge is -2.14. The number of nitrogens with one attached hydrogen (secondary N) is 1. The summed E-state index contributed by atoms with van der Waals surface area (Å²) in [6.45, 7) is 0.109. The minimum absolute atomic E-state index is 0.0573. The molecule has 0 unspecified atom stereocenters. The summed E-state index contributed by atoms with van der Waals surface area (Å²) < 4.78 is 26.8. The van der Waals surface area contributed by atoms with Crippen LogP contribution in [0.2, 0.25) is 5.02 Å². The van der Waals surface area contributed by atoms with Gasteiger partial charge in [-0.05, 0) is 17.7 Å². The number of nitrogens with two attached hydrogens (primary N) is 1. The van der Waals surface area contributed by atoms with E-state index in [0.717, 1.165) is 5.56 Å². The lowest BCUT2D eigenvalue weighted by atomic mass is 10.1. The Kier molecular flexibility index (Phi) is 4.77. The van der Waals surface area contributed by atoms with Crippen molar-refractivity contribution in [3.8, 4) is 0 Å². The number of rotatable bonds is 5. The maximum Gasteiger partial charge on any atom is 0.242 e. The summed E-state index contributed by atoms with van der Waals surface area (Å²) >= 11 is 5.89. The van der Waals surface area contributed by atoms with E-state index < -0.39 is 16.1 Å². The number of hydrogen-bond donors (Lipinski definition) is 2. The predicted molar refractivity (Wildman–Crippen MR) is 80.0 cm³/mol. The van der Waals surface area contributed by atoms with Gasteiger partial charge in [0.15, 0.2) is 0 Å². The van der Waals surface area contributed by atoms with Crippen LogP contribution in [0, 0.1) is 0 Å². The molecule has 0 radical (unpaired) electrons. The first-order valence-corrected chi connectivity index (χ1v) is 7.91. The van der Waals surface area contributed by atoms with E-state index in [-0.39, 0.29) is 16.5 Å². The van der Waals surface area contributed by atoms with Gasteiger partial charge in [0.25, 0.3) is 0 Å². The van der Waals surface area contributed by atoms with Crippen LogP contribution in [0.25, 0.3) is 0 Å². The van der Waals surface area contributed by atoms with E-state index in [0.29, 0.717) is 0 Å². The molecule has 0 amide bonds. The Morgan fingerprint density at radius 1 is 1.05 bits per heavy atom.